The second-order valence-corrected chi connectivity index (χ2v) is 9.53. The number of halogens is 2. The Kier molecular flexibility index (Phi) is 8.53. The fourth-order valence-electron chi connectivity index (χ4n) is 3.90. The van der Waals surface area contributed by atoms with Gasteiger partial charge in [-0.05, 0) is 43.5 Å². The van der Waals surface area contributed by atoms with Crippen molar-refractivity contribution in [2.45, 2.75) is 27.2 Å². The molecule has 8 heteroatoms. The van der Waals surface area contributed by atoms with Gasteiger partial charge in [0.05, 0.1) is 34.9 Å². The second kappa shape index (κ2) is 10.9. The van der Waals surface area contributed by atoms with Crippen LogP contribution in [-0.2, 0) is 16.0 Å². The highest BCUT2D eigenvalue weighted by atomic mass is 35.5. The maximum Gasteiger partial charge on any atom is 0.233 e. The first kappa shape index (κ1) is 24.9. The van der Waals surface area contributed by atoms with Crippen LogP contribution in [0.1, 0.15) is 22.3 Å². The number of nitrogens with zero attached hydrogens (tertiary/aromatic N) is 3. The third-order valence-electron chi connectivity index (χ3n) is 5.80. The summed E-state index contributed by atoms with van der Waals surface area (Å²) >= 11 is 7.93. The Morgan fingerprint density at radius 3 is 2.59 bits per heavy atom. The number of carbonyl (C=O) groups excluding carboxylic acids is 1. The molecular weight excluding hydrogens is 465 g/mol. The van der Waals surface area contributed by atoms with Crippen LogP contribution in [0.5, 0.6) is 0 Å². The van der Waals surface area contributed by atoms with Gasteiger partial charge >= 0.3 is 0 Å². The molecule has 172 valence electrons. The Morgan fingerprint density at radius 1 is 1.16 bits per heavy atom. The van der Waals surface area contributed by atoms with E-state index in [9.17, 15) is 4.79 Å². The monoisotopic (exact) mass is 493 g/mol. The van der Waals surface area contributed by atoms with Crippen LogP contribution in [0, 0.1) is 20.8 Å². The average molecular weight is 494 g/mol. The molecule has 3 aromatic rings. The molecule has 0 atom stereocenters. The van der Waals surface area contributed by atoms with Gasteiger partial charge in [-0.3, -0.25) is 14.6 Å². The number of thiazole rings is 1. The molecule has 1 aromatic heterocycles. The summed E-state index contributed by atoms with van der Waals surface area (Å²) in [5.74, 6) is 0.0630. The van der Waals surface area contributed by atoms with Crippen LogP contribution in [0.3, 0.4) is 0 Å². The third kappa shape index (κ3) is 5.61. The first-order chi connectivity index (χ1) is 14.9. The topological polar surface area (TPSA) is 45.7 Å². The molecule has 0 bridgehead atoms. The molecule has 1 aliphatic rings. The molecule has 4 rings (SSSR count). The Bertz CT molecular complexity index is 1060. The van der Waals surface area contributed by atoms with Crippen LogP contribution in [0.15, 0.2) is 30.3 Å². The Hall–Kier alpha value is -1.70. The van der Waals surface area contributed by atoms with Gasteiger partial charge in [-0.15, -0.1) is 12.4 Å². The largest absolute Gasteiger partial charge is 0.379 e. The van der Waals surface area contributed by atoms with Gasteiger partial charge in [-0.1, -0.05) is 52.8 Å². The van der Waals surface area contributed by atoms with Crippen molar-refractivity contribution in [1.82, 2.24) is 9.88 Å². The number of aromatic nitrogens is 1. The van der Waals surface area contributed by atoms with Gasteiger partial charge in [0.15, 0.2) is 5.13 Å². The maximum atomic E-state index is 13.5. The van der Waals surface area contributed by atoms with E-state index in [1.54, 1.807) is 0 Å². The number of ether oxygens (including phenoxy) is 1. The number of aryl methyl sites for hydroxylation is 3. The van der Waals surface area contributed by atoms with Crippen LogP contribution in [-0.4, -0.2) is 55.2 Å². The number of morpholine rings is 1. The summed E-state index contributed by atoms with van der Waals surface area (Å²) in [6.07, 6.45) is 0.359. The molecule has 1 amide bonds. The molecule has 0 N–H and O–H groups in total. The molecule has 0 spiro atoms. The standard InChI is InChI=1S/C24H28ClN3O2S.ClH/c1-16-4-6-19(18(3)14-16)15-21(29)28(9-8-27-10-12-30-13-11-27)24-26-22-17(2)5-7-20(25)23(22)31-24;/h4-7,14H,8-13,15H2,1-3H3;1H. The average Bonchev–Trinajstić information content (AvgIpc) is 3.20. The normalized spacial score (nSPS) is 14.4. The summed E-state index contributed by atoms with van der Waals surface area (Å²) in [4.78, 5) is 22.5. The van der Waals surface area contributed by atoms with Crippen molar-refractivity contribution < 1.29 is 9.53 Å². The number of anilines is 1. The summed E-state index contributed by atoms with van der Waals surface area (Å²) in [6.45, 7) is 10.8. The predicted octanol–water partition coefficient (Wildman–Crippen LogP) is 5.20. The lowest BCUT2D eigenvalue weighted by Gasteiger charge is -2.29. The van der Waals surface area contributed by atoms with E-state index in [1.165, 1.54) is 16.9 Å². The lowest BCUT2D eigenvalue weighted by atomic mass is 10.0. The summed E-state index contributed by atoms with van der Waals surface area (Å²) in [6, 6.07) is 10.1. The van der Waals surface area contributed by atoms with Crippen molar-refractivity contribution in [2.75, 3.05) is 44.3 Å². The Labute approximate surface area is 204 Å². The van der Waals surface area contributed by atoms with Gasteiger partial charge in [0, 0.05) is 26.2 Å². The second-order valence-electron chi connectivity index (χ2n) is 8.14. The molecule has 1 aliphatic heterocycles. The summed E-state index contributed by atoms with van der Waals surface area (Å²) < 4.78 is 6.40. The number of benzene rings is 2. The molecule has 32 heavy (non-hydrogen) atoms. The SMILES string of the molecule is Cc1ccc(CC(=O)N(CCN2CCOCC2)c2nc3c(C)ccc(Cl)c3s2)c(C)c1.Cl. The van der Waals surface area contributed by atoms with E-state index >= 15 is 0 Å². The molecule has 1 fully saturated rings. The molecule has 2 heterocycles. The Balaban J connectivity index is 0.00000289. The molecule has 0 aliphatic carbocycles. The minimum atomic E-state index is 0. The van der Waals surface area contributed by atoms with E-state index in [2.05, 4.69) is 36.9 Å². The predicted molar refractivity (Wildman–Crippen MR) is 136 cm³/mol. The maximum absolute atomic E-state index is 13.5. The molecule has 0 radical (unpaired) electrons. The van der Waals surface area contributed by atoms with Gasteiger partial charge < -0.3 is 4.74 Å². The number of carbonyl (C=O) groups is 1. The van der Waals surface area contributed by atoms with Crippen molar-refractivity contribution >= 4 is 56.6 Å². The minimum Gasteiger partial charge on any atom is -0.379 e. The number of amides is 1. The van der Waals surface area contributed by atoms with Crippen LogP contribution in [0.4, 0.5) is 5.13 Å². The van der Waals surface area contributed by atoms with Crippen LogP contribution >= 0.6 is 35.3 Å². The smallest absolute Gasteiger partial charge is 0.233 e. The molecule has 0 unspecified atom stereocenters. The van der Waals surface area contributed by atoms with Crippen LogP contribution in [0.2, 0.25) is 5.02 Å². The van der Waals surface area contributed by atoms with Crippen LogP contribution in [0.25, 0.3) is 10.2 Å². The van der Waals surface area contributed by atoms with Gasteiger partial charge in [-0.2, -0.15) is 0 Å². The summed E-state index contributed by atoms with van der Waals surface area (Å²) in [7, 11) is 0. The van der Waals surface area contributed by atoms with Crippen molar-refractivity contribution in [2.24, 2.45) is 0 Å². The van der Waals surface area contributed by atoms with Crippen molar-refractivity contribution in [1.29, 1.82) is 0 Å². The van der Waals surface area contributed by atoms with Crippen molar-refractivity contribution in [3.05, 3.63) is 57.6 Å². The van der Waals surface area contributed by atoms with Gasteiger partial charge in [-0.25, -0.2) is 4.98 Å². The number of hydrogen-bond acceptors (Lipinski definition) is 5. The van der Waals surface area contributed by atoms with Crippen molar-refractivity contribution in [3.8, 4) is 0 Å². The fraction of sp³-hybridized carbons (Fsp3) is 0.417. The lowest BCUT2D eigenvalue weighted by Crippen LogP contribution is -2.43. The van der Waals surface area contributed by atoms with Crippen LogP contribution < -0.4 is 4.90 Å². The van der Waals surface area contributed by atoms with E-state index in [1.807, 2.05) is 24.0 Å². The number of fused-ring (bicyclic) bond motifs is 1. The zero-order valence-corrected chi connectivity index (χ0v) is 21.1. The quantitative estimate of drug-likeness (QED) is 0.472. The molecule has 2 aromatic carbocycles. The molecular formula is C24H29Cl2N3O2S. The van der Waals surface area contributed by atoms with E-state index in [-0.39, 0.29) is 18.3 Å². The number of rotatable bonds is 6. The third-order valence-corrected chi connectivity index (χ3v) is 7.34. The zero-order valence-electron chi connectivity index (χ0n) is 18.7. The Morgan fingerprint density at radius 2 is 1.91 bits per heavy atom. The highest BCUT2D eigenvalue weighted by Gasteiger charge is 2.23. The summed E-state index contributed by atoms with van der Waals surface area (Å²) in [5.41, 5.74) is 5.35. The minimum absolute atomic E-state index is 0. The van der Waals surface area contributed by atoms with E-state index in [0.29, 0.717) is 23.1 Å². The first-order valence-corrected chi connectivity index (χ1v) is 11.8. The highest BCUT2D eigenvalue weighted by molar-refractivity contribution is 7.23. The zero-order chi connectivity index (χ0) is 22.0. The van der Waals surface area contributed by atoms with E-state index in [0.717, 1.165) is 59.8 Å². The van der Waals surface area contributed by atoms with E-state index < -0.39 is 0 Å². The highest BCUT2D eigenvalue weighted by Crippen LogP contribution is 2.36. The fourth-order valence-corrected chi connectivity index (χ4v) is 5.26. The number of hydrogen-bond donors (Lipinski definition) is 0. The van der Waals surface area contributed by atoms with Crippen molar-refractivity contribution in [3.63, 3.8) is 0 Å². The molecule has 1 saturated heterocycles. The summed E-state index contributed by atoms with van der Waals surface area (Å²) in [5, 5.41) is 1.40. The molecule has 5 nitrogen and oxygen atoms in total. The lowest BCUT2D eigenvalue weighted by molar-refractivity contribution is -0.118. The first-order valence-electron chi connectivity index (χ1n) is 10.6. The van der Waals surface area contributed by atoms with Gasteiger partial charge in [0.25, 0.3) is 0 Å². The van der Waals surface area contributed by atoms with Gasteiger partial charge in [0.1, 0.15) is 0 Å². The van der Waals surface area contributed by atoms with Gasteiger partial charge in [0.2, 0.25) is 5.91 Å². The molecule has 0 saturated carbocycles. The van der Waals surface area contributed by atoms with E-state index in [4.69, 9.17) is 21.3 Å².